The molecular weight excluding hydrogens is 454 g/mol. The van der Waals surface area contributed by atoms with Crippen molar-refractivity contribution in [2.24, 2.45) is 5.92 Å². The van der Waals surface area contributed by atoms with Gasteiger partial charge in [-0.15, -0.1) is 0 Å². The van der Waals surface area contributed by atoms with Crippen LogP contribution in [0.25, 0.3) is 0 Å². The molecule has 2 aliphatic heterocycles. The number of pyridine rings is 1. The zero-order chi connectivity index (χ0) is 25.9. The van der Waals surface area contributed by atoms with Crippen LogP contribution in [0.4, 0.5) is 4.79 Å². The first kappa shape index (κ1) is 25.8. The zero-order valence-corrected chi connectivity index (χ0v) is 21.8. The van der Waals surface area contributed by atoms with Crippen LogP contribution in [0.1, 0.15) is 46.4 Å². The van der Waals surface area contributed by atoms with E-state index in [4.69, 9.17) is 0 Å². The number of urea groups is 1. The lowest BCUT2D eigenvalue weighted by Gasteiger charge is -2.41. The van der Waals surface area contributed by atoms with Gasteiger partial charge in [0, 0.05) is 37.9 Å². The lowest BCUT2D eigenvalue weighted by atomic mass is 9.73. The van der Waals surface area contributed by atoms with E-state index in [1.807, 2.05) is 69.2 Å². The van der Waals surface area contributed by atoms with E-state index in [-0.39, 0.29) is 23.8 Å². The van der Waals surface area contributed by atoms with Gasteiger partial charge < -0.3 is 15.1 Å². The van der Waals surface area contributed by atoms with Gasteiger partial charge >= 0.3 is 6.03 Å². The number of imide groups is 1. The molecule has 0 radical (unpaired) electrons. The number of piperidine rings is 1. The molecule has 2 fully saturated rings. The summed E-state index contributed by atoms with van der Waals surface area (Å²) in [5.41, 5.74) is 2.61. The van der Waals surface area contributed by atoms with E-state index in [0.29, 0.717) is 44.5 Å². The number of likely N-dealkylation sites (tertiary alicyclic amines) is 1. The van der Waals surface area contributed by atoms with Crippen molar-refractivity contribution in [3.05, 3.63) is 65.0 Å². The van der Waals surface area contributed by atoms with E-state index in [1.54, 1.807) is 6.20 Å². The highest BCUT2D eigenvalue weighted by atomic mass is 16.2. The number of amides is 4. The SMILES string of the molecule is Cc1ccc(C(=O)N2CCC(C3(Cc4ccccc4C)NC(=O)N(CCCN(C)C)C3=O)CC2)cn1. The Hall–Kier alpha value is -3.26. The molecule has 1 aromatic heterocycles. The smallest absolute Gasteiger partial charge is 0.325 e. The predicted molar refractivity (Wildman–Crippen MR) is 139 cm³/mol. The molecule has 1 unspecified atom stereocenters. The van der Waals surface area contributed by atoms with Crippen LogP contribution in [0.15, 0.2) is 42.6 Å². The number of aryl methyl sites for hydroxylation is 2. The molecule has 4 amide bonds. The molecule has 0 saturated carbocycles. The Kier molecular flexibility index (Phi) is 7.73. The summed E-state index contributed by atoms with van der Waals surface area (Å²) in [7, 11) is 3.96. The quantitative estimate of drug-likeness (QED) is 0.574. The highest BCUT2D eigenvalue weighted by Crippen LogP contribution is 2.37. The number of rotatable bonds is 8. The van der Waals surface area contributed by atoms with Gasteiger partial charge in [0.2, 0.25) is 0 Å². The normalized spacial score (nSPS) is 20.8. The first-order valence-corrected chi connectivity index (χ1v) is 12.8. The van der Waals surface area contributed by atoms with Gasteiger partial charge in [0.05, 0.1) is 5.56 Å². The Morgan fingerprint density at radius 3 is 2.47 bits per heavy atom. The molecule has 2 saturated heterocycles. The minimum atomic E-state index is -0.998. The fraction of sp³-hybridized carbons (Fsp3) is 0.500. The first-order valence-electron chi connectivity index (χ1n) is 12.8. The highest BCUT2D eigenvalue weighted by Gasteiger charge is 2.56. The van der Waals surface area contributed by atoms with Crippen molar-refractivity contribution in [2.45, 2.75) is 45.1 Å². The predicted octanol–water partition coefficient (Wildman–Crippen LogP) is 3.04. The van der Waals surface area contributed by atoms with E-state index >= 15 is 0 Å². The standard InChI is InChI=1S/C28H37N5O3/c1-20-8-5-6-9-22(20)18-28(26(35)33(27(36)30-28)15-7-14-31(3)4)24-12-16-32(17-13-24)25(34)23-11-10-21(2)29-19-23/h5-6,8-11,19,24H,7,12-18H2,1-4H3,(H,30,36). The third kappa shape index (κ3) is 5.28. The average Bonchev–Trinajstić information content (AvgIpc) is 3.10. The van der Waals surface area contributed by atoms with Crippen LogP contribution in [-0.4, -0.2) is 83.3 Å². The second-order valence-corrected chi connectivity index (χ2v) is 10.4. The fourth-order valence-electron chi connectivity index (χ4n) is 5.39. The molecule has 4 rings (SSSR count). The van der Waals surface area contributed by atoms with Crippen molar-refractivity contribution >= 4 is 17.8 Å². The molecular formula is C28H37N5O3. The number of benzene rings is 1. The minimum absolute atomic E-state index is 0.0407. The number of nitrogens with zero attached hydrogens (tertiary/aromatic N) is 4. The molecule has 0 bridgehead atoms. The summed E-state index contributed by atoms with van der Waals surface area (Å²) in [6, 6.07) is 11.4. The van der Waals surface area contributed by atoms with Crippen molar-refractivity contribution in [2.75, 3.05) is 40.3 Å². The molecule has 1 aromatic carbocycles. The Balaban J connectivity index is 1.54. The van der Waals surface area contributed by atoms with E-state index < -0.39 is 5.54 Å². The van der Waals surface area contributed by atoms with Crippen LogP contribution < -0.4 is 5.32 Å². The van der Waals surface area contributed by atoms with Crippen molar-refractivity contribution in [1.82, 2.24) is 25.0 Å². The molecule has 8 heteroatoms. The van der Waals surface area contributed by atoms with Gasteiger partial charge in [-0.3, -0.25) is 19.5 Å². The Morgan fingerprint density at radius 1 is 1.11 bits per heavy atom. The van der Waals surface area contributed by atoms with E-state index in [1.165, 1.54) is 4.90 Å². The fourth-order valence-corrected chi connectivity index (χ4v) is 5.39. The minimum Gasteiger partial charge on any atom is -0.339 e. The molecule has 1 N–H and O–H groups in total. The number of carbonyl (C=O) groups is 3. The summed E-state index contributed by atoms with van der Waals surface area (Å²) in [6.45, 7) is 6.21. The van der Waals surface area contributed by atoms with Crippen LogP contribution in [0.2, 0.25) is 0 Å². The van der Waals surface area contributed by atoms with Gasteiger partial charge in [0.15, 0.2) is 0 Å². The largest absolute Gasteiger partial charge is 0.339 e. The molecule has 8 nitrogen and oxygen atoms in total. The Labute approximate surface area is 213 Å². The maximum Gasteiger partial charge on any atom is 0.325 e. The second-order valence-electron chi connectivity index (χ2n) is 10.4. The first-order chi connectivity index (χ1) is 17.2. The van der Waals surface area contributed by atoms with Gasteiger partial charge in [0.1, 0.15) is 5.54 Å². The van der Waals surface area contributed by atoms with Gasteiger partial charge in [-0.25, -0.2) is 4.79 Å². The van der Waals surface area contributed by atoms with Gasteiger partial charge in [0.25, 0.3) is 11.8 Å². The third-order valence-electron chi connectivity index (χ3n) is 7.56. The molecule has 1 atom stereocenters. The molecule has 2 aromatic rings. The number of aromatic nitrogens is 1. The van der Waals surface area contributed by atoms with Crippen LogP contribution in [-0.2, 0) is 11.2 Å². The summed E-state index contributed by atoms with van der Waals surface area (Å²) in [5, 5.41) is 3.14. The van der Waals surface area contributed by atoms with Crippen LogP contribution in [0.5, 0.6) is 0 Å². The third-order valence-corrected chi connectivity index (χ3v) is 7.56. The van der Waals surface area contributed by atoms with Crippen LogP contribution in [0, 0.1) is 19.8 Å². The van der Waals surface area contributed by atoms with Gasteiger partial charge in [-0.1, -0.05) is 24.3 Å². The average molecular weight is 492 g/mol. The summed E-state index contributed by atoms with van der Waals surface area (Å²) in [5.74, 6) is -0.240. The van der Waals surface area contributed by atoms with Gasteiger partial charge in [-0.2, -0.15) is 0 Å². The van der Waals surface area contributed by atoms with Crippen LogP contribution in [0.3, 0.4) is 0 Å². The number of hydrogen-bond acceptors (Lipinski definition) is 5. The summed E-state index contributed by atoms with van der Waals surface area (Å²) in [6.07, 6.45) is 4.09. The lowest BCUT2D eigenvalue weighted by Crippen LogP contribution is -2.58. The number of hydrogen-bond donors (Lipinski definition) is 1. The van der Waals surface area contributed by atoms with E-state index in [2.05, 4.69) is 15.2 Å². The van der Waals surface area contributed by atoms with Crippen molar-refractivity contribution < 1.29 is 14.4 Å². The lowest BCUT2D eigenvalue weighted by molar-refractivity contribution is -0.134. The molecule has 36 heavy (non-hydrogen) atoms. The van der Waals surface area contributed by atoms with Gasteiger partial charge in [-0.05, 0) is 82.9 Å². The topological polar surface area (TPSA) is 85.9 Å². The molecule has 2 aliphatic rings. The Morgan fingerprint density at radius 2 is 1.83 bits per heavy atom. The van der Waals surface area contributed by atoms with E-state index in [9.17, 15) is 14.4 Å². The summed E-state index contributed by atoms with van der Waals surface area (Å²) < 4.78 is 0. The maximum absolute atomic E-state index is 13.9. The Bertz CT molecular complexity index is 1110. The molecule has 0 spiro atoms. The highest BCUT2D eigenvalue weighted by molar-refractivity contribution is 6.07. The number of carbonyl (C=O) groups excluding carboxylic acids is 3. The maximum atomic E-state index is 13.9. The van der Waals surface area contributed by atoms with E-state index in [0.717, 1.165) is 29.8 Å². The number of nitrogens with one attached hydrogen (secondary N) is 1. The molecule has 0 aliphatic carbocycles. The van der Waals surface area contributed by atoms with Crippen molar-refractivity contribution in [3.8, 4) is 0 Å². The molecule has 192 valence electrons. The summed E-state index contributed by atoms with van der Waals surface area (Å²) >= 11 is 0. The van der Waals surface area contributed by atoms with Crippen molar-refractivity contribution in [1.29, 1.82) is 0 Å². The summed E-state index contributed by atoms with van der Waals surface area (Å²) in [4.78, 5) is 49.6. The van der Waals surface area contributed by atoms with Crippen molar-refractivity contribution in [3.63, 3.8) is 0 Å². The second kappa shape index (κ2) is 10.8. The molecule has 3 heterocycles. The zero-order valence-electron chi connectivity index (χ0n) is 21.8. The van der Waals surface area contributed by atoms with Crippen LogP contribution >= 0.6 is 0 Å². The monoisotopic (exact) mass is 491 g/mol.